The number of halogens is 2. The number of nitriles is 1. The predicted molar refractivity (Wildman–Crippen MR) is 62.9 cm³/mol. The highest BCUT2D eigenvalue weighted by Gasteiger charge is 2.43. The van der Waals surface area contributed by atoms with E-state index < -0.39 is 23.2 Å². The highest BCUT2D eigenvalue weighted by molar-refractivity contribution is 5.90. The highest BCUT2D eigenvalue weighted by Crippen LogP contribution is 2.48. The molecule has 1 aliphatic carbocycles. The molecule has 0 aliphatic heterocycles. The van der Waals surface area contributed by atoms with Gasteiger partial charge in [-0.1, -0.05) is 0 Å². The first-order valence-electron chi connectivity index (χ1n) is 5.76. The number of rotatable bonds is 4. The molecule has 1 fully saturated rings. The van der Waals surface area contributed by atoms with Gasteiger partial charge in [0.2, 0.25) is 0 Å². The maximum atomic E-state index is 13.4. The van der Waals surface area contributed by atoms with Gasteiger partial charge in [0.25, 0.3) is 0 Å². The Hall–Kier alpha value is -2.16. The molecule has 1 aromatic rings. The van der Waals surface area contributed by atoms with Crippen LogP contribution in [0.25, 0.3) is 0 Å². The summed E-state index contributed by atoms with van der Waals surface area (Å²) in [5, 5.41) is 8.63. The van der Waals surface area contributed by atoms with Crippen molar-refractivity contribution < 1.29 is 18.3 Å². The minimum absolute atomic E-state index is 0.0656. The van der Waals surface area contributed by atoms with Gasteiger partial charge in [-0.25, -0.2) is 13.6 Å². The number of nitrogens with two attached hydrogens (primary N) is 1. The van der Waals surface area contributed by atoms with Gasteiger partial charge in [-0.15, -0.1) is 0 Å². The minimum atomic E-state index is -1.01. The molecule has 0 unspecified atom stereocenters. The van der Waals surface area contributed by atoms with Gasteiger partial charge in [0.05, 0.1) is 23.9 Å². The van der Waals surface area contributed by atoms with E-state index in [2.05, 4.69) is 0 Å². The van der Waals surface area contributed by atoms with Crippen LogP contribution in [0.2, 0.25) is 0 Å². The van der Waals surface area contributed by atoms with Crippen LogP contribution in [-0.2, 0) is 4.74 Å². The smallest absolute Gasteiger partial charge is 0.341 e. The van der Waals surface area contributed by atoms with Crippen molar-refractivity contribution in [3.8, 4) is 6.07 Å². The van der Waals surface area contributed by atoms with Gasteiger partial charge >= 0.3 is 5.97 Å². The topological polar surface area (TPSA) is 76.1 Å². The predicted octanol–water partition coefficient (Wildman–Crippen LogP) is 2.40. The van der Waals surface area contributed by atoms with Gasteiger partial charge in [0.1, 0.15) is 11.6 Å². The molecule has 0 atom stereocenters. The lowest BCUT2D eigenvalue weighted by molar-refractivity contribution is 0.0414. The summed E-state index contributed by atoms with van der Waals surface area (Å²) in [6.07, 6.45) is 1.91. The quantitative estimate of drug-likeness (QED) is 0.670. The maximum absolute atomic E-state index is 13.4. The van der Waals surface area contributed by atoms with E-state index in [-0.39, 0.29) is 17.7 Å². The van der Waals surface area contributed by atoms with Crippen molar-refractivity contribution in [3.05, 3.63) is 29.3 Å². The number of hydrogen-bond donors (Lipinski definition) is 1. The van der Waals surface area contributed by atoms with Crippen molar-refractivity contribution in [3.63, 3.8) is 0 Å². The van der Waals surface area contributed by atoms with Crippen LogP contribution < -0.4 is 5.73 Å². The van der Waals surface area contributed by atoms with Crippen molar-refractivity contribution in [2.24, 2.45) is 5.41 Å². The monoisotopic (exact) mass is 266 g/mol. The van der Waals surface area contributed by atoms with E-state index in [0.29, 0.717) is 12.5 Å². The van der Waals surface area contributed by atoms with Crippen molar-refractivity contribution in [2.75, 3.05) is 12.3 Å². The third kappa shape index (κ3) is 2.81. The summed E-state index contributed by atoms with van der Waals surface area (Å²) in [4.78, 5) is 11.7. The molecule has 0 bridgehead atoms. The van der Waals surface area contributed by atoms with Gasteiger partial charge in [0.15, 0.2) is 0 Å². The molecule has 1 aliphatic rings. The molecule has 1 saturated carbocycles. The molecule has 100 valence electrons. The fraction of sp³-hybridized carbons (Fsp3) is 0.385. The second kappa shape index (κ2) is 4.84. The second-order valence-electron chi connectivity index (χ2n) is 4.76. The Morgan fingerprint density at radius 1 is 1.42 bits per heavy atom. The number of nitrogens with zero attached hydrogens (tertiary/aromatic N) is 1. The Morgan fingerprint density at radius 2 is 2.11 bits per heavy atom. The molecule has 4 nitrogen and oxygen atoms in total. The average Bonchev–Trinajstić information content (AvgIpc) is 3.12. The van der Waals surface area contributed by atoms with Crippen LogP contribution in [-0.4, -0.2) is 12.6 Å². The van der Waals surface area contributed by atoms with Crippen LogP contribution in [0.1, 0.15) is 29.6 Å². The summed E-state index contributed by atoms with van der Waals surface area (Å²) in [5.41, 5.74) is 4.28. The number of carbonyl (C=O) groups is 1. The Bertz CT molecular complexity index is 562. The zero-order chi connectivity index (χ0) is 14.0. The number of ether oxygens (including phenoxy) is 1. The SMILES string of the molecule is N#CCC1(COC(=O)c2cc(N)c(F)cc2F)CC1. The number of benzene rings is 1. The standard InChI is InChI=1S/C13H12F2N2O2/c14-9-6-10(15)11(17)5-8(9)12(18)19-7-13(1-2-13)3-4-16/h5-6H,1-3,7,17H2. The molecule has 0 amide bonds. The molecule has 0 saturated heterocycles. The summed E-state index contributed by atoms with van der Waals surface area (Å²) in [5.74, 6) is -2.83. The zero-order valence-electron chi connectivity index (χ0n) is 10.1. The normalized spacial score (nSPS) is 15.6. The first-order chi connectivity index (χ1) is 8.97. The van der Waals surface area contributed by atoms with E-state index in [1.54, 1.807) is 0 Å². The van der Waals surface area contributed by atoms with E-state index in [1.807, 2.05) is 6.07 Å². The van der Waals surface area contributed by atoms with Crippen molar-refractivity contribution >= 4 is 11.7 Å². The van der Waals surface area contributed by atoms with E-state index in [0.717, 1.165) is 18.9 Å². The zero-order valence-corrected chi connectivity index (χ0v) is 10.1. The largest absolute Gasteiger partial charge is 0.461 e. The van der Waals surface area contributed by atoms with Gasteiger partial charge in [-0.3, -0.25) is 0 Å². The molecule has 1 aromatic carbocycles. The van der Waals surface area contributed by atoms with Crippen molar-refractivity contribution in [1.29, 1.82) is 5.26 Å². The lowest BCUT2D eigenvalue weighted by atomic mass is 10.1. The number of esters is 1. The number of hydrogen-bond acceptors (Lipinski definition) is 4. The molecule has 2 N–H and O–H groups in total. The van der Waals surface area contributed by atoms with Gasteiger partial charge < -0.3 is 10.5 Å². The van der Waals surface area contributed by atoms with Gasteiger partial charge in [-0.2, -0.15) is 5.26 Å². The summed E-state index contributed by atoms with van der Waals surface area (Å²) < 4.78 is 31.3. The molecule has 6 heteroatoms. The van der Waals surface area contributed by atoms with E-state index >= 15 is 0 Å². The Morgan fingerprint density at radius 3 is 2.68 bits per heavy atom. The van der Waals surface area contributed by atoms with E-state index in [1.165, 1.54) is 0 Å². The Kier molecular flexibility index (Phi) is 3.38. The first kappa shape index (κ1) is 13.3. The number of anilines is 1. The fourth-order valence-electron chi connectivity index (χ4n) is 1.74. The third-order valence-corrected chi connectivity index (χ3v) is 3.23. The third-order valence-electron chi connectivity index (χ3n) is 3.23. The summed E-state index contributed by atoms with van der Waals surface area (Å²) in [6, 6.07) is 3.49. The van der Waals surface area contributed by atoms with E-state index in [4.69, 9.17) is 15.7 Å². The van der Waals surface area contributed by atoms with Crippen LogP contribution in [0.15, 0.2) is 12.1 Å². The lowest BCUT2D eigenvalue weighted by Gasteiger charge is -2.12. The van der Waals surface area contributed by atoms with Crippen LogP contribution >= 0.6 is 0 Å². The average molecular weight is 266 g/mol. The fourth-order valence-corrected chi connectivity index (χ4v) is 1.74. The molecule has 0 aromatic heterocycles. The molecule has 2 rings (SSSR count). The summed E-state index contributed by atoms with van der Waals surface area (Å²) >= 11 is 0. The molecular weight excluding hydrogens is 254 g/mol. The van der Waals surface area contributed by atoms with Crippen LogP contribution in [0.4, 0.5) is 14.5 Å². The summed E-state index contributed by atoms with van der Waals surface area (Å²) in [6.45, 7) is 0.0656. The second-order valence-corrected chi connectivity index (χ2v) is 4.76. The number of nitrogen functional groups attached to an aromatic ring is 1. The molecule has 0 heterocycles. The molecule has 0 spiro atoms. The molecule has 19 heavy (non-hydrogen) atoms. The molecule has 0 radical (unpaired) electrons. The molecular formula is C13H12F2N2O2. The Balaban J connectivity index is 2.05. The van der Waals surface area contributed by atoms with Crippen LogP contribution in [0.5, 0.6) is 0 Å². The van der Waals surface area contributed by atoms with Gasteiger partial charge in [-0.05, 0) is 18.9 Å². The Labute approximate surface area is 108 Å². The van der Waals surface area contributed by atoms with Crippen molar-refractivity contribution in [1.82, 2.24) is 0 Å². The van der Waals surface area contributed by atoms with Crippen LogP contribution in [0.3, 0.4) is 0 Å². The van der Waals surface area contributed by atoms with E-state index in [9.17, 15) is 13.6 Å². The summed E-state index contributed by atoms with van der Waals surface area (Å²) in [7, 11) is 0. The first-order valence-corrected chi connectivity index (χ1v) is 5.76. The van der Waals surface area contributed by atoms with Gasteiger partial charge in [0, 0.05) is 17.9 Å². The minimum Gasteiger partial charge on any atom is -0.461 e. The lowest BCUT2D eigenvalue weighted by Crippen LogP contribution is -2.16. The number of carbonyl (C=O) groups excluding carboxylic acids is 1. The van der Waals surface area contributed by atoms with Crippen LogP contribution in [0, 0.1) is 28.4 Å². The maximum Gasteiger partial charge on any atom is 0.341 e. The van der Waals surface area contributed by atoms with Crippen molar-refractivity contribution in [2.45, 2.75) is 19.3 Å². The highest BCUT2D eigenvalue weighted by atomic mass is 19.1.